The Balaban J connectivity index is 2.02. The van der Waals surface area contributed by atoms with Crippen molar-refractivity contribution in [2.75, 3.05) is 27.2 Å². The third-order valence-corrected chi connectivity index (χ3v) is 3.67. The van der Waals surface area contributed by atoms with E-state index < -0.39 is 0 Å². The highest BCUT2D eigenvalue weighted by Crippen LogP contribution is 2.28. The van der Waals surface area contributed by atoms with Crippen LogP contribution in [-0.2, 0) is 0 Å². The number of pyridine rings is 1. The van der Waals surface area contributed by atoms with Crippen LogP contribution >= 0.6 is 0 Å². The lowest BCUT2D eigenvalue weighted by Gasteiger charge is -2.31. The first-order valence-corrected chi connectivity index (χ1v) is 6.54. The van der Waals surface area contributed by atoms with E-state index in [1.807, 2.05) is 12.4 Å². The molecule has 0 amide bonds. The zero-order valence-corrected chi connectivity index (χ0v) is 10.9. The normalized spacial score (nSPS) is 22.6. The van der Waals surface area contributed by atoms with Gasteiger partial charge < -0.3 is 10.2 Å². The van der Waals surface area contributed by atoms with E-state index in [4.69, 9.17) is 0 Å². The molecule has 3 heteroatoms. The minimum Gasteiger partial charge on any atom is -0.316 e. The second-order valence-corrected chi connectivity index (χ2v) is 5.21. The molecule has 3 nitrogen and oxygen atoms in total. The Hall–Kier alpha value is -0.930. The number of hydrogen-bond acceptors (Lipinski definition) is 3. The molecule has 0 saturated carbocycles. The lowest BCUT2D eigenvalue weighted by atomic mass is 9.89. The van der Waals surface area contributed by atoms with Crippen molar-refractivity contribution in [3.05, 3.63) is 30.1 Å². The number of rotatable bonds is 4. The smallest absolute Gasteiger partial charge is 0.0346 e. The molecule has 1 aliphatic rings. The van der Waals surface area contributed by atoms with E-state index in [9.17, 15) is 0 Å². The molecule has 1 fully saturated rings. The summed E-state index contributed by atoms with van der Waals surface area (Å²) in [6.07, 6.45) is 7.71. The first kappa shape index (κ1) is 12.5. The Morgan fingerprint density at radius 2 is 2.18 bits per heavy atom. The molecule has 0 aliphatic carbocycles. The molecule has 94 valence electrons. The van der Waals surface area contributed by atoms with Crippen molar-refractivity contribution in [3.63, 3.8) is 0 Å². The molecular weight excluding hydrogens is 210 g/mol. The van der Waals surface area contributed by atoms with E-state index in [1.54, 1.807) is 0 Å². The Morgan fingerprint density at radius 3 is 2.76 bits per heavy atom. The fourth-order valence-corrected chi connectivity index (χ4v) is 2.67. The number of piperidine rings is 1. The van der Waals surface area contributed by atoms with Crippen LogP contribution in [0.5, 0.6) is 0 Å². The fraction of sp³-hybridized carbons (Fsp3) is 0.643. The molecule has 0 spiro atoms. The van der Waals surface area contributed by atoms with Crippen molar-refractivity contribution in [1.29, 1.82) is 0 Å². The second-order valence-electron chi connectivity index (χ2n) is 5.21. The predicted octanol–water partition coefficient (Wildman–Crippen LogP) is 2.07. The van der Waals surface area contributed by atoms with Crippen molar-refractivity contribution in [3.8, 4) is 0 Å². The van der Waals surface area contributed by atoms with Crippen LogP contribution < -0.4 is 5.32 Å². The van der Waals surface area contributed by atoms with Crippen LogP contribution in [0.15, 0.2) is 24.5 Å². The maximum absolute atomic E-state index is 4.10. The van der Waals surface area contributed by atoms with Gasteiger partial charge in [0, 0.05) is 18.4 Å². The van der Waals surface area contributed by atoms with Gasteiger partial charge in [-0.1, -0.05) is 0 Å². The first-order valence-electron chi connectivity index (χ1n) is 6.54. The highest BCUT2D eigenvalue weighted by atomic mass is 15.1. The zero-order valence-electron chi connectivity index (χ0n) is 10.9. The van der Waals surface area contributed by atoms with Crippen LogP contribution in [0.4, 0.5) is 0 Å². The molecule has 2 unspecified atom stereocenters. The molecule has 1 N–H and O–H groups in total. The van der Waals surface area contributed by atoms with Crippen LogP contribution in [0.3, 0.4) is 0 Å². The van der Waals surface area contributed by atoms with Gasteiger partial charge in [-0.05, 0) is 70.1 Å². The van der Waals surface area contributed by atoms with Gasteiger partial charge in [0.2, 0.25) is 0 Å². The average molecular weight is 233 g/mol. The van der Waals surface area contributed by atoms with Crippen LogP contribution in [0.1, 0.15) is 30.9 Å². The molecule has 1 saturated heterocycles. The molecule has 2 heterocycles. The molecule has 2 atom stereocenters. The summed E-state index contributed by atoms with van der Waals surface area (Å²) in [6.45, 7) is 2.37. The van der Waals surface area contributed by atoms with Crippen LogP contribution in [0.25, 0.3) is 0 Å². The standard InChI is InChI=1S/C14H23N3/c1-17(2)14(13-5-8-15-9-6-13)10-12-4-3-7-16-11-12/h5-6,8-9,12,14,16H,3-4,7,10-11H2,1-2H3. The van der Waals surface area contributed by atoms with Gasteiger partial charge in [-0.3, -0.25) is 4.98 Å². The van der Waals surface area contributed by atoms with Crippen molar-refractivity contribution in [2.45, 2.75) is 25.3 Å². The third kappa shape index (κ3) is 3.51. The van der Waals surface area contributed by atoms with Crippen molar-refractivity contribution in [1.82, 2.24) is 15.2 Å². The summed E-state index contributed by atoms with van der Waals surface area (Å²) in [5.41, 5.74) is 1.38. The van der Waals surface area contributed by atoms with Crippen molar-refractivity contribution >= 4 is 0 Å². The minimum atomic E-state index is 0.517. The Morgan fingerprint density at radius 1 is 1.41 bits per heavy atom. The number of aromatic nitrogens is 1. The third-order valence-electron chi connectivity index (χ3n) is 3.67. The van der Waals surface area contributed by atoms with Gasteiger partial charge in [0.05, 0.1) is 0 Å². The molecule has 1 aliphatic heterocycles. The highest BCUT2D eigenvalue weighted by molar-refractivity contribution is 5.15. The summed E-state index contributed by atoms with van der Waals surface area (Å²) in [4.78, 5) is 6.43. The molecule has 0 radical (unpaired) electrons. The Labute approximate surface area is 104 Å². The van der Waals surface area contributed by atoms with Crippen molar-refractivity contribution in [2.24, 2.45) is 5.92 Å². The molecule has 0 bridgehead atoms. The van der Waals surface area contributed by atoms with Gasteiger partial charge in [-0.25, -0.2) is 0 Å². The Bertz CT molecular complexity index is 317. The van der Waals surface area contributed by atoms with E-state index in [0.717, 1.165) is 5.92 Å². The van der Waals surface area contributed by atoms with E-state index in [1.165, 1.54) is 37.9 Å². The maximum atomic E-state index is 4.10. The summed E-state index contributed by atoms with van der Waals surface area (Å²) in [5, 5.41) is 3.50. The molecule has 1 aromatic rings. The number of nitrogens with zero attached hydrogens (tertiary/aromatic N) is 2. The monoisotopic (exact) mass is 233 g/mol. The fourth-order valence-electron chi connectivity index (χ4n) is 2.67. The summed E-state index contributed by atoms with van der Waals surface area (Å²) in [6, 6.07) is 4.80. The van der Waals surface area contributed by atoms with Gasteiger partial charge in [-0.2, -0.15) is 0 Å². The molecule has 1 aromatic heterocycles. The highest BCUT2D eigenvalue weighted by Gasteiger charge is 2.21. The van der Waals surface area contributed by atoms with Gasteiger partial charge in [0.15, 0.2) is 0 Å². The maximum Gasteiger partial charge on any atom is 0.0346 e. The van der Waals surface area contributed by atoms with Gasteiger partial charge in [0.25, 0.3) is 0 Å². The van der Waals surface area contributed by atoms with Crippen LogP contribution in [0.2, 0.25) is 0 Å². The summed E-state index contributed by atoms with van der Waals surface area (Å²) < 4.78 is 0. The molecule has 0 aromatic carbocycles. The SMILES string of the molecule is CN(C)C(CC1CCCNC1)c1ccncc1. The lowest BCUT2D eigenvalue weighted by Crippen LogP contribution is -2.33. The minimum absolute atomic E-state index is 0.517. The molecular formula is C14H23N3. The first-order chi connectivity index (χ1) is 8.27. The van der Waals surface area contributed by atoms with E-state index in [0.29, 0.717) is 6.04 Å². The van der Waals surface area contributed by atoms with Crippen LogP contribution in [-0.4, -0.2) is 37.1 Å². The topological polar surface area (TPSA) is 28.2 Å². The van der Waals surface area contributed by atoms with Gasteiger partial charge in [-0.15, -0.1) is 0 Å². The number of hydrogen-bond donors (Lipinski definition) is 1. The molecule has 2 rings (SSSR count). The summed E-state index contributed by atoms with van der Waals surface area (Å²) >= 11 is 0. The van der Waals surface area contributed by atoms with Crippen LogP contribution in [0, 0.1) is 5.92 Å². The summed E-state index contributed by atoms with van der Waals surface area (Å²) in [7, 11) is 4.34. The van der Waals surface area contributed by atoms with E-state index in [2.05, 4.69) is 41.4 Å². The van der Waals surface area contributed by atoms with E-state index >= 15 is 0 Å². The summed E-state index contributed by atoms with van der Waals surface area (Å²) in [5.74, 6) is 0.810. The lowest BCUT2D eigenvalue weighted by molar-refractivity contribution is 0.225. The average Bonchev–Trinajstić information content (AvgIpc) is 2.38. The Kier molecular flexibility index (Phi) is 4.51. The molecule has 17 heavy (non-hydrogen) atoms. The number of nitrogens with one attached hydrogen (secondary N) is 1. The quantitative estimate of drug-likeness (QED) is 0.863. The van der Waals surface area contributed by atoms with Crippen molar-refractivity contribution < 1.29 is 0 Å². The second kappa shape index (κ2) is 6.12. The van der Waals surface area contributed by atoms with Gasteiger partial charge in [0.1, 0.15) is 0 Å². The predicted molar refractivity (Wildman–Crippen MR) is 70.9 cm³/mol. The largest absolute Gasteiger partial charge is 0.316 e. The van der Waals surface area contributed by atoms with Gasteiger partial charge >= 0.3 is 0 Å². The van der Waals surface area contributed by atoms with E-state index in [-0.39, 0.29) is 0 Å². The zero-order chi connectivity index (χ0) is 12.1.